The van der Waals surface area contributed by atoms with Crippen LogP contribution in [0.4, 0.5) is 0 Å². The lowest BCUT2D eigenvalue weighted by Gasteiger charge is -2.07. The molecule has 1 heterocycles. The van der Waals surface area contributed by atoms with E-state index in [1.54, 1.807) is 0 Å². The highest BCUT2D eigenvalue weighted by molar-refractivity contribution is 9.10. The SMILES string of the molecule is CC(C)NCCc1nc2c(Br)cccc2n1C. The highest BCUT2D eigenvalue weighted by Gasteiger charge is 2.09. The van der Waals surface area contributed by atoms with Crippen LogP contribution in [0.2, 0.25) is 0 Å². The van der Waals surface area contributed by atoms with Gasteiger partial charge in [0.15, 0.2) is 0 Å². The number of fused-ring (bicyclic) bond motifs is 1. The molecule has 0 spiro atoms. The van der Waals surface area contributed by atoms with Crippen LogP contribution >= 0.6 is 15.9 Å². The smallest absolute Gasteiger partial charge is 0.110 e. The fourth-order valence-corrected chi connectivity index (χ4v) is 2.37. The lowest BCUT2D eigenvalue weighted by atomic mass is 10.3. The third-order valence-electron chi connectivity index (χ3n) is 2.86. The van der Waals surface area contributed by atoms with Crippen molar-refractivity contribution in [2.24, 2.45) is 7.05 Å². The van der Waals surface area contributed by atoms with Crippen molar-refractivity contribution in [1.82, 2.24) is 14.9 Å². The molecule has 0 aliphatic carbocycles. The fourth-order valence-electron chi connectivity index (χ4n) is 1.92. The van der Waals surface area contributed by atoms with E-state index in [4.69, 9.17) is 0 Å². The average molecular weight is 296 g/mol. The maximum atomic E-state index is 4.68. The second kappa shape index (κ2) is 5.19. The van der Waals surface area contributed by atoms with Gasteiger partial charge in [-0.05, 0) is 28.1 Å². The standard InChI is InChI=1S/C13H18BrN3/c1-9(2)15-8-7-12-16-13-10(14)5-4-6-11(13)17(12)3/h4-6,9,15H,7-8H2,1-3H3. The lowest BCUT2D eigenvalue weighted by molar-refractivity contribution is 0.578. The Labute approximate surface area is 110 Å². The molecule has 0 amide bonds. The molecule has 17 heavy (non-hydrogen) atoms. The molecule has 0 fully saturated rings. The van der Waals surface area contributed by atoms with Gasteiger partial charge in [-0.3, -0.25) is 0 Å². The van der Waals surface area contributed by atoms with Crippen LogP contribution in [0.3, 0.4) is 0 Å². The summed E-state index contributed by atoms with van der Waals surface area (Å²) in [6.45, 7) is 5.28. The number of hydrogen-bond acceptors (Lipinski definition) is 2. The van der Waals surface area contributed by atoms with E-state index in [1.807, 2.05) is 12.1 Å². The molecule has 4 heteroatoms. The monoisotopic (exact) mass is 295 g/mol. The van der Waals surface area contributed by atoms with Crippen LogP contribution in [-0.2, 0) is 13.5 Å². The summed E-state index contributed by atoms with van der Waals surface area (Å²) < 4.78 is 3.23. The minimum Gasteiger partial charge on any atom is -0.331 e. The maximum Gasteiger partial charge on any atom is 0.110 e. The molecule has 2 aromatic rings. The predicted octanol–water partition coefficient (Wildman–Crippen LogP) is 2.88. The van der Waals surface area contributed by atoms with E-state index < -0.39 is 0 Å². The number of nitrogens with one attached hydrogen (secondary N) is 1. The van der Waals surface area contributed by atoms with Crippen LogP contribution in [-0.4, -0.2) is 22.1 Å². The molecule has 0 unspecified atom stereocenters. The third-order valence-corrected chi connectivity index (χ3v) is 3.50. The predicted molar refractivity (Wildman–Crippen MR) is 75.3 cm³/mol. The summed E-state index contributed by atoms with van der Waals surface area (Å²) in [5.74, 6) is 1.13. The number of halogens is 1. The maximum absolute atomic E-state index is 4.68. The van der Waals surface area contributed by atoms with E-state index >= 15 is 0 Å². The van der Waals surface area contributed by atoms with E-state index in [9.17, 15) is 0 Å². The van der Waals surface area contributed by atoms with Crippen LogP contribution in [0.15, 0.2) is 22.7 Å². The first kappa shape index (κ1) is 12.6. The molecule has 0 bridgehead atoms. The Hall–Kier alpha value is -0.870. The highest BCUT2D eigenvalue weighted by Crippen LogP contribution is 2.23. The molecule has 0 saturated heterocycles. The Balaban J connectivity index is 2.23. The quantitative estimate of drug-likeness (QED) is 0.940. The normalized spacial score (nSPS) is 11.6. The lowest BCUT2D eigenvalue weighted by Crippen LogP contribution is -2.25. The van der Waals surface area contributed by atoms with E-state index in [2.05, 4.69) is 57.8 Å². The molecule has 1 N–H and O–H groups in total. The zero-order valence-electron chi connectivity index (χ0n) is 10.5. The van der Waals surface area contributed by atoms with Crippen LogP contribution < -0.4 is 5.32 Å². The van der Waals surface area contributed by atoms with Crippen LogP contribution in [0.1, 0.15) is 19.7 Å². The van der Waals surface area contributed by atoms with Gasteiger partial charge >= 0.3 is 0 Å². The van der Waals surface area contributed by atoms with Gasteiger partial charge < -0.3 is 9.88 Å². The van der Waals surface area contributed by atoms with Crippen molar-refractivity contribution >= 4 is 27.0 Å². The van der Waals surface area contributed by atoms with Gasteiger partial charge in [-0.2, -0.15) is 0 Å². The minimum atomic E-state index is 0.524. The van der Waals surface area contributed by atoms with Crippen molar-refractivity contribution < 1.29 is 0 Å². The van der Waals surface area contributed by atoms with Gasteiger partial charge in [-0.1, -0.05) is 19.9 Å². The van der Waals surface area contributed by atoms with E-state index in [1.165, 1.54) is 5.52 Å². The zero-order chi connectivity index (χ0) is 12.4. The Morgan fingerprint density at radius 1 is 1.41 bits per heavy atom. The second-order valence-electron chi connectivity index (χ2n) is 4.55. The zero-order valence-corrected chi connectivity index (χ0v) is 12.1. The van der Waals surface area contributed by atoms with Crippen molar-refractivity contribution in [3.8, 4) is 0 Å². The summed E-state index contributed by atoms with van der Waals surface area (Å²) >= 11 is 3.54. The molecule has 1 aromatic heterocycles. The van der Waals surface area contributed by atoms with Gasteiger partial charge in [0.1, 0.15) is 11.3 Å². The second-order valence-corrected chi connectivity index (χ2v) is 5.41. The molecule has 0 aliphatic heterocycles. The Morgan fingerprint density at radius 3 is 2.82 bits per heavy atom. The minimum absolute atomic E-state index is 0.524. The summed E-state index contributed by atoms with van der Waals surface area (Å²) in [5, 5.41) is 3.42. The molecule has 3 nitrogen and oxygen atoms in total. The Morgan fingerprint density at radius 2 is 2.18 bits per heavy atom. The van der Waals surface area contributed by atoms with Gasteiger partial charge in [0, 0.05) is 30.5 Å². The largest absolute Gasteiger partial charge is 0.331 e. The number of para-hydroxylation sites is 1. The number of benzene rings is 1. The number of nitrogens with zero attached hydrogens (tertiary/aromatic N) is 2. The van der Waals surface area contributed by atoms with Crippen molar-refractivity contribution in [3.05, 3.63) is 28.5 Å². The third kappa shape index (κ3) is 2.69. The van der Waals surface area contributed by atoms with E-state index in [0.717, 1.165) is 28.8 Å². The molecule has 0 radical (unpaired) electrons. The topological polar surface area (TPSA) is 29.9 Å². The Kier molecular flexibility index (Phi) is 3.84. The van der Waals surface area contributed by atoms with Crippen molar-refractivity contribution in [2.75, 3.05) is 6.54 Å². The molecule has 1 aromatic carbocycles. The van der Waals surface area contributed by atoms with Crippen LogP contribution in [0.25, 0.3) is 11.0 Å². The first-order valence-electron chi connectivity index (χ1n) is 5.93. The summed E-state index contributed by atoms with van der Waals surface area (Å²) in [5.41, 5.74) is 2.23. The molecular formula is C13H18BrN3. The van der Waals surface area contributed by atoms with Crippen molar-refractivity contribution in [1.29, 1.82) is 0 Å². The summed E-state index contributed by atoms with van der Waals surface area (Å²) in [6.07, 6.45) is 0.954. The fraction of sp³-hybridized carbons (Fsp3) is 0.462. The molecular weight excluding hydrogens is 278 g/mol. The number of aromatic nitrogens is 2. The van der Waals surface area contributed by atoms with Gasteiger partial charge in [-0.15, -0.1) is 0 Å². The summed E-state index contributed by atoms with van der Waals surface area (Å²) in [4.78, 5) is 4.68. The number of hydrogen-bond donors (Lipinski definition) is 1. The van der Waals surface area contributed by atoms with Crippen LogP contribution in [0.5, 0.6) is 0 Å². The van der Waals surface area contributed by atoms with E-state index in [0.29, 0.717) is 6.04 Å². The first-order chi connectivity index (χ1) is 8.09. The number of aryl methyl sites for hydroxylation is 1. The van der Waals surface area contributed by atoms with Gasteiger partial charge in [0.05, 0.1) is 5.52 Å². The number of rotatable bonds is 4. The number of imidazole rings is 1. The van der Waals surface area contributed by atoms with Gasteiger partial charge in [0.2, 0.25) is 0 Å². The summed E-state index contributed by atoms with van der Waals surface area (Å²) in [7, 11) is 2.08. The van der Waals surface area contributed by atoms with Gasteiger partial charge in [0.25, 0.3) is 0 Å². The van der Waals surface area contributed by atoms with E-state index in [-0.39, 0.29) is 0 Å². The van der Waals surface area contributed by atoms with Crippen molar-refractivity contribution in [3.63, 3.8) is 0 Å². The Bertz CT molecular complexity index is 517. The summed E-state index contributed by atoms with van der Waals surface area (Å²) in [6, 6.07) is 6.71. The molecule has 92 valence electrons. The van der Waals surface area contributed by atoms with Crippen molar-refractivity contribution in [2.45, 2.75) is 26.3 Å². The van der Waals surface area contributed by atoms with Gasteiger partial charge in [-0.25, -0.2) is 4.98 Å². The molecule has 0 atom stereocenters. The molecule has 0 aliphatic rings. The first-order valence-corrected chi connectivity index (χ1v) is 6.72. The average Bonchev–Trinajstić information content (AvgIpc) is 2.58. The molecule has 2 rings (SSSR count). The molecule has 0 saturated carbocycles. The van der Waals surface area contributed by atoms with Crippen LogP contribution in [0, 0.1) is 0 Å². The highest BCUT2D eigenvalue weighted by atomic mass is 79.9.